The van der Waals surface area contributed by atoms with Crippen LogP contribution in [0.1, 0.15) is 51.3 Å². The Morgan fingerprint density at radius 2 is 2.20 bits per heavy atom. The highest BCUT2D eigenvalue weighted by molar-refractivity contribution is 5.54. The largest absolute Gasteiger partial charge is 0.371 e. The minimum absolute atomic E-state index is 0.420. The van der Waals surface area contributed by atoms with E-state index in [1.165, 1.54) is 37.1 Å². The summed E-state index contributed by atoms with van der Waals surface area (Å²) >= 11 is 0. The minimum atomic E-state index is 0.420. The van der Waals surface area contributed by atoms with Gasteiger partial charge in [0.15, 0.2) is 0 Å². The molecule has 1 aliphatic heterocycles. The van der Waals surface area contributed by atoms with Crippen LogP contribution in [0.25, 0.3) is 0 Å². The van der Waals surface area contributed by atoms with E-state index in [0.29, 0.717) is 5.41 Å². The number of hydrogen-bond donors (Lipinski definition) is 1. The maximum absolute atomic E-state index is 4.48. The summed E-state index contributed by atoms with van der Waals surface area (Å²) < 4.78 is 0. The summed E-state index contributed by atoms with van der Waals surface area (Å²) in [5.74, 6) is 0. The van der Waals surface area contributed by atoms with Gasteiger partial charge in [0, 0.05) is 42.8 Å². The smallest absolute Gasteiger partial charge is 0.0445 e. The van der Waals surface area contributed by atoms with Gasteiger partial charge in [-0.2, -0.15) is 0 Å². The van der Waals surface area contributed by atoms with E-state index in [9.17, 15) is 0 Å². The van der Waals surface area contributed by atoms with Gasteiger partial charge in [-0.1, -0.05) is 20.8 Å². The molecule has 1 saturated heterocycles. The van der Waals surface area contributed by atoms with Crippen molar-refractivity contribution in [1.82, 2.24) is 10.3 Å². The fourth-order valence-electron chi connectivity index (χ4n) is 3.03. The van der Waals surface area contributed by atoms with E-state index in [-0.39, 0.29) is 0 Å². The fourth-order valence-corrected chi connectivity index (χ4v) is 3.03. The molecule has 0 aromatic carbocycles. The Morgan fingerprint density at radius 3 is 2.90 bits per heavy atom. The van der Waals surface area contributed by atoms with Gasteiger partial charge in [0.25, 0.3) is 0 Å². The fraction of sp³-hybridized carbons (Fsp3) is 0.706. The van der Waals surface area contributed by atoms with E-state index in [2.05, 4.69) is 55.2 Å². The normalized spacial score (nSPS) is 18.3. The number of piperidine rings is 1. The van der Waals surface area contributed by atoms with E-state index in [4.69, 9.17) is 0 Å². The molecule has 0 amide bonds. The van der Waals surface area contributed by atoms with Crippen LogP contribution in [-0.4, -0.2) is 24.6 Å². The molecule has 0 unspecified atom stereocenters. The predicted octanol–water partition coefficient (Wildman–Crippen LogP) is 3.52. The van der Waals surface area contributed by atoms with Gasteiger partial charge in [-0.15, -0.1) is 0 Å². The number of pyridine rings is 1. The Labute approximate surface area is 123 Å². The SMILES string of the molecule is CCCNCc1cnc(C)cc1N1CCCC(C)(C)C1. The lowest BCUT2D eigenvalue weighted by atomic mass is 9.84. The molecule has 0 saturated carbocycles. The Bertz CT molecular complexity index is 440. The molecule has 0 aliphatic carbocycles. The Hall–Kier alpha value is -1.09. The summed E-state index contributed by atoms with van der Waals surface area (Å²) in [6, 6.07) is 2.25. The number of rotatable bonds is 5. The van der Waals surface area contributed by atoms with Crippen molar-refractivity contribution in [2.45, 2.75) is 53.5 Å². The Morgan fingerprint density at radius 1 is 1.40 bits per heavy atom. The van der Waals surface area contributed by atoms with Crippen molar-refractivity contribution in [2.24, 2.45) is 5.41 Å². The highest BCUT2D eigenvalue weighted by Gasteiger charge is 2.27. The number of hydrogen-bond acceptors (Lipinski definition) is 3. The second-order valence-corrected chi connectivity index (χ2v) is 6.82. The van der Waals surface area contributed by atoms with E-state index < -0.39 is 0 Å². The highest BCUT2D eigenvalue weighted by Crippen LogP contribution is 2.33. The summed E-state index contributed by atoms with van der Waals surface area (Å²) in [7, 11) is 0. The van der Waals surface area contributed by atoms with Gasteiger partial charge in [-0.05, 0) is 44.2 Å². The van der Waals surface area contributed by atoms with E-state index in [1.54, 1.807) is 0 Å². The van der Waals surface area contributed by atoms with Gasteiger partial charge in [0.2, 0.25) is 0 Å². The van der Waals surface area contributed by atoms with Crippen molar-refractivity contribution in [3.63, 3.8) is 0 Å². The second kappa shape index (κ2) is 6.57. The lowest BCUT2D eigenvalue weighted by Gasteiger charge is -2.40. The average Bonchev–Trinajstić information content (AvgIpc) is 2.39. The zero-order valence-corrected chi connectivity index (χ0v) is 13.5. The molecule has 3 nitrogen and oxygen atoms in total. The Balaban J connectivity index is 2.17. The van der Waals surface area contributed by atoms with Crippen LogP contribution in [0.15, 0.2) is 12.3 Å². The number of nitrogens with zero attached hydrogens (tertiary/aromatic N) is 2. The zero-order valence-electron chi connectivity index (χ0n) is 13.5. The lowest BCUT2D eigenvalue weighted by molar-refractivity contribution is 0.292. The van der Waals surface area contributed by atoms with E-state index in [0.717, 1.165) is 25.3 Å². The highest BCUT2D eigenvalue weighted by atomic mass is 15.1. The molecule has 20 heavy (non-hydrogen) atoms. The summed E-state index contributed by atoms with van der Waals surface area (Å²) in [6.45, 7) is 13.4. The molecule has 2 rings (SSSR count). The maximum Gasteiger partial charge on any atom is 0.0445 e. The van der Waals surface area contributed by atoms with E-state index in [1.807, 2.05) is 0 Å². The Kier molecular flexibility index (Phi) is 5.03. The molecule has 0 bridgehead atoms. The number of nitrogens with one attached hydrogen (secondary N) is 1. The van der Waals surface area contributed by atoms with Crippen molar-refractivity contribution in [2.75, 3.05) is 24.5 Å². The molecule has 112 valence electrons. The van der Waals surface area contributed by atoms with Crippen LogP contribution in [-0.2, 0) is 6.54 Å². The predicted molar refractivity (Wildman–Crippen MR) is 86.2 cm³/mol. The molecule has 1 aromatic heterocycles. The van der Waals surface area contributed by atoms with Crippen LogP contribution in [0.4, 0.5) is 5.69 Å². The molecule has 0 atom stereocenters. The molecule has 1 aromatic rings. The first-order chi connectivity index (χ1) is 9.52. The molecule has 2 heterocycles. The monoisotopic (exact) mass is 275 g/mol. The molecule has 3 heteroatoms. The summed E-state index contributed by atoms with van der Waals surface area (Å²) in [6.07, 6.45) is 5.84. The van der Waals surface area contributed by atoms with Crippen molar-refractivity contribution < 1.29 is 0 Å². The standard InChI is InChI=1S/C17H29N3/c1-5-8-18-11-15-12-19-14(2)10-16(15)20-9-6-7-17(3,4)13-20/h10,12,18H,5-9,11,13H2,1-4H3. The number of anilines is 1. The van der Waals surface area contributed by atoms with Gasteiger partial charge >= 0.3 is 0 Å². The van der Waals surface area contributed by atoms with Crippen molar-refractivity contribution in [1.29, 1.82) is 0 Å². The van der Waals surface area contributed by atoms with E-state index >= 15 is 0 Å². The molecule has 1 fully saturated rings. The molecule has 1 N–H and O–H groups in total. The van der Waals surface area contributed by atoms with Gasteiger partial charge in [-0.3, -0.25) is 4.98 Å². The third-order valence-electron chi connectivity index (χ3n) is 4.08. The van der Waals surface area contributed by atoms with Crippen LogP contribution >= 0.6 is 0 Å². The zero-order chi connectivity index (χ0) is 14.6. The van der Waals surface area contributed by atoms with Gasteiger partial charge in [0.05, 0.1) is 0 Å². The van der Waals surface area contributed by atoms with Crippen LogP contribution in [0.2, 0.25) is 0 Å². The van der Waals surface area contributed by atoms with Crippen molar-refractivity contribution in [3.8, 4) is 0 Å². The first kappa shape index (κ1) is 15.3. The van der Waals surface area contributed by atoms with Gasteiger partial charge in [-0.25, -0.2) is 0 Å². The molecular weight excluding hydrogens is 246 g/mol. The van der Waals surface area contributed by atoms with Crippen molar-refractivity contribution in [3.05, 3.63) is 23.5 Å². The third-order valence-corrected chi connectivity index (χ3v) is 4.08. The number of aryl methyl sites for hydroxylation is 1. The molecule has 1 aliphatic rings. The summed E-state index contributed by atoms with van der Waals surface area (Å²) in [5.41, 5.74) is 4.25. The van der Waals surface area contributed by atoms with Crippen LogP contribution in [0.5, 0.6) is 0 Å². The summed E-state index contributed by atoms with van der Waals surface area (Å²) in [5, 5.41) is 3.50. The van der Waals surface area contributed by atoms with Crippen LogP contribution in [0.3, 0.4) is 0 Å². The minimum Gasteiger partial charge on any atom is -0.371 e. The lowest BCUT2D eigenvalue weighted by Crippen LogP contribution is -2.40. The van der Waals surface area contributed by atoms with Crippen LogP contribution in [0, 0.1) is 12.3 Å². The molecule has 0 spiro atoms. The molecular formula is C17H29N3. The third kappa shape index (κ3) is 3.95. The first-order valence-electron chi connectivity index (χ1n) is 7.93. The average molecular weight is 275 g/mol. The topological polar surface area (TPSA) is 28.2 Å². The quantitative estimate of drug-likeness (QED) is 0.833. The number of aromatic nitrogens is 1. The molecule has 0 radical (unpaired) electrons. The summed E-state index contributed by atoms with van der Waals surface area (Å²) in [4.78, 5) is 7.04. The van der Waals surface area contributed by atoms with Gasteiger partial charge < -0.3 is 10.2 Å². The second-order valence-electron chi connectivity index (χ2n) is 6.82. The van der Waals surface area contributed by atoms with Gasteiger partial charge in [0.1, 0.15) is 0 Å². The first-order valence-corrected chi connectivity index (χ1v) is 7.93. The van der Waals surface area contributed by atoms with Crippen LogP contribution < -0.4 is 10.2 Å². The maximum atomic E-state index is 4.48. The van der Waals surface area contributed by atoms with Crippen molar-refractivity contribution >= 4 is 5.69 Å².